The molecular formula is C18H32N2O. The van der Waals surface area contributed by atoms with Gasteiger partial charge in [0.1, 0.15) is 0 Å². The Morgan fingerprint density at radius 2 is 1.90 bits per heavy atom. The molecule has 3 aliphatic rings. The molecule has 1 aliphatic heterocycles. The van der Waals surface area contributed by atoms with Gasteiger partial charge in [-0.3, -0.25) is 10.1 Å². The summed E-state index contributed by atoms with van der Waals surface area (Å²) in [7, 11) is 0. The van der Waals surface area contributed by atoms with Crippen molar-refractivity contribution in [2.24, 2.45) is 11.8 Å². The number of rotatable bonds is 6. The fourth-order valence-electron chi connectivity index (χ4n) is 4.43. The van der Waals surface area contributed by atoms with Crippen LogP contribution in [0.2, 0.25) is 0 Å². The summed E-state index contributed by atoms with van der Waals surface area (Å²) in [5.41, 5.74) is -0.198. The van der Waals surface area contributed by atoms with E-state index < -0.39 is 0 Å². The van der Waals surface area contributed by atoms with E-state index in [-0.39, 0.29) is 11.7 Å². The van der Waals surface area contributed by atoms with Crippen LogP contribution in [0.3, 0.4) is 0 Å². The summed E-state index contributed by atoms with van der Waals surface area (Å²) >= 11 is 0. The minimum Gasteiger partial charge on any atom is -0.323 e. The van der Waals surface area contributed by atoms with Crippen LogP contribution in [0, 0.1) is 11.8 Å². The van der Waals surface area contributed by atoms with Crippen molar-refractivity contribution < 1.29 is 4.79 Å². The van der Waals surface area contributed by atoms with Crippen molar-refractivity contribution >= 4 is 5.91 Å². The van der Waals surface area contributed by atoms with Crippen LogP contribution < -0.4 is 5.32 Å². The molecule has 3 fully saturated rings. The lowest BCUT2D eigenvalue weighted by molar-refractivity contribution is -0.135. The first-order valence-corrected chi connectivity index (χ1v) is 9.16. The van der Waals surface area contributed by atoms with Gasteiger partial charge in [-0.1, -0.05) is 46.5 Å². The van der Waals surface area contributed by atoms with Crippen molar-refractivity contribution in [1.29, 1.82) is 0 Å². The minimum atomic E-state index is -0.198. The minimum absolute atomic E-state index is 0.198. The van der Waals surface area contributed by atoms with E-state index in [1.54, 1.807) is 0 Å². The fraction of sp³-hybridized carbons (Fsp3) is 0.944. The Labute approximate surface area is 129 Å². The second-order valence-corrected chi connectivity index (χ2v) is 8.03. The van der Waals surface area contributed by atoms with Gasteiger partial charge in [-0.15, -0.1) is 0 Å². The molecule has 2 aliphatic carbocycles. The van der Waals surface area contributed by atoms with Crippen molar-refractivity contribution in [3.05, 3.63) is 0 Å². The zero-order valence-corrected chi connectivity index (χ0v) is 14.0. The lowest BCUT2D eigenvalue weighted by Crippen LogP contribution is -2.45. The van der Waals surface area contributed by atoms with E-state index in [4.69, 9.17) is 0 Å². The predicted octanol–water partition coefficient (Wildman–Crippen LogP) is 3.68. The third-order valence-corrected chi connectivity index (χ3v) is 5.74. The van der Waals surface area contributed by atoms with E-state index in [1.165, 1.54) is 32.1 Å². The first-order chi connectivity index (χ1) is 10.1. The second-order valence-electron chi connectivity index (χ2n) is 8.03. The van der Waals surface area contributed by atoms with Gasteiger partial charge in [-0.25, -0.2) is 0 Å². The number of carbonyl (C=O) groups is 1. The first-order valence-electron chi connectivity index (χ1n) is 9.16. The number of hydrogen-bond acceptors (Lipinski definition) is 2. The van der Waals surface area contributed by atoms with Crippen LogP contribution in [-0.2, 0) is 4.79 Å². The molecule has 0 aromatic carbocycles. The van der Waals surface area contributed by atoms with E-state index in [9.17, 15) is 4.79 Å². The predicted molar refractivity (Wildman–Crippen MR) is 85.8 cm³/mol. The third kappa shape index (κ3) is 2.99. The Kier molecular flexibility index (Phi) is 4.31. The highest BCUT2D eigenvalue weighted by Gasteiger charge is 2.53. The second kappa shape index (κ2) is 5.91. The van der Waals surface area contributed by atoms with Crippen LogP contribution in [0.4, 0.5) is 0 Å². The molecule has 0 bridgehead atoms. The lowest BCUT2D eigenvalue weighted by Gasteiger charge is -2.33. The summed E-state index contributed by atoms with van der Waals surface area (Å²) in [4.78, 5) is 15.5. The summed E-state index contributed by atoms with van der Waals surface area (Å²) in [5.74, 6) is 1.95. The SMILES string of the molecule is CCC(CC1CC1)N1C(=O)C2(CCCC2)NC1CC(C)C. The molecule has 1 N–H and O–H groups in total. The standard InChI is InChI=1S/C18H32N2O/c1-4-15(12-14-7-8-14)20-16(11-13(2)3)19-18(17(20)21)9-5-6-10-18/h13-16,19H,4-12H2,1-3H3. The average molecular weight is 292 g/mol. The molecule has 1 heterocycles. The van der Waals surface area contributed by atoms with Gasteiger partial charge in [-0.05, 0) is 43.9 Å². The summed E-state index contributed by atoms with van der Waals surface area (Å²) < 4.78 is 0. The van der Waals surface area contributed by atoms with Crippen molar-refractivity contribution in [2.75, 3.05) is 0 Å². The van der Waals surface area contributed by atoms with Gasteiger partial charge < -0.3 is 4.90 Å². The molecule has 2 unspecified atom stereocenters. The van der Waals surface area contributed by atoms with Gasteiger partial charge in [0, 0.05) is 6.04 Å². The molecule has 3 nitrogen and oxygen atoms in total. The number of amides is 1. The Balaban J connectivity index is 1.79. The van der Waals surface area contributed by atoms with Gasteiger partial charge in [0.15, 0.2) is 0 Å². The monoisotopic (exact) mass is 292 g/mol. The molecule has 0 aromatic heterocycles. The van der Waals surface area contributed by atoms with E-state index in [0.717, 1.165) is 31.6 Å². The van der Waals surface area contributed by atoms with Crippen LogP contribution in [0.15, 0.2) is 0 Å². The summed E-state index contributed by atoms with van der Waals surface area (Å²) in [6.07, 6.45) is 11.0. The molecular weight excluding hydrogens is 260 g/mol. The van der Waals surface area contributed by atoms with Gasteiger partial charge >= 0.3 is 0 Å². The Morgan fingerprint density at radius 1 is 1.24 bits per heavy atom. The third-order valence-electron chi connectivity index (χ3n) is 5.74. The van der Waals surface area contributed by atoms with Crippen LogP contribution >= 0.6 is 0 Å². The molecule has 1 amide bonds. The zero-order valence-electron chi connectivity index (χ0n) is 14.0. The van der Waals surface area contributed by atoms with Gasteiger partial charge in [-0.2, -0.15) is 0 Å². The van der Waals surface area contributed by atoms with Gasteiger partial charge in [0.05, 0.1) is 11.7 Å². The molecule has 1 spiro atoms. The molecule has 120 valence electrons. The van der Waals surface area contributed by atoms with E-state index in [0.29, 0.717) is 17.9 Å². The maximum Gasteiger partial charge on any atom is 0.244 e. The maximum atomic E-state index is 13.2. The normalized spacial score (nSPS) is 29.8. The fourth-order valence-corrected chi connectivity index (χ4v) is 4.43. The molecule has 2 saturated carbocycles. The van der Waals surface area contributed by atoms with Crippen LogP contribution in [-0.4, -0.2) is 28.6 Å². The lowest BCUT2D eigenvalue weighted by atomic mass is 9.96. The van der Waals surface area contributed by atoms with Crippen molar-refractivity contribution in [1.82, 2.24) is 10.2 Å². The molecule has 21 heavy (non-hydrogen) atoms. The first kappa shape index (κ1) is 15.3. The molecule has 1 saturated heterocycles. The molecule has 3 rings (SSSR count). The zero-order chi connectivity index (χ0) is 15.0. The quantitative estimate of drug-likeness (QED) is 0.810. The van der Waals surface area contributed by atoms with Gasteiger partial charge in [0.2, 0.25) is 5.91 Å². The highest BCUT2D eigenvalue weighted by molar-refractivity contribution is 5.89. The van der Waals surface area contributed by atoms with Crippen molar-refractivity contribution in [3.8, 4) is 0 Å². The molecule has 3 heteroatoms. The van der Waals surface area contributed by atoms with Crippen LogP contribution in [0.1, 0.15) is 78.6 Å². The van der Waals surface area contributed by atoms with Crippen molar-refractivity contribution in [2.45, 2.75) is 96.3 Å². The molecule has 0 radical (unpaired) electrons. The topological polar surface area (TPSA) is 32.3 Å². The van der Waals surface area contributed by atoms with Crippen LogP contribution in [0.25, 0.3) is 0 Å². The number of nitrogens with one attached hydrogen (secondary N) is 1. The molecule has 2 atom stereocenters. The summed E-state index contributed by atoms with van der Waals surface area (Å²) in [6.45, 7) is 6.80. The Bertz CT molecular complexity index is 383. The average Bonchev–Trinajstić information content (AvgIpc) is 3.06. The van der Waals surface area contributed by atoms with Crippen molar-refractivity contribution in [3.63, 3.8) is 0 Å². The van der Waals surface area contributed by atoms with E-state index in [1.807, 2.05) is 0 Å². The number of carbonyl (C=O) groups excluding carboxylic acids is 1. The van der Waals surface area contributed by atoms with Gasteiger partial charge in [0.25, 0.3) is 0 Å². The van der Waals surface area contributed by atoms with Crippen LogP contribution in [0.5, 0.6) is 0 Å². The maximum absolute atomic E-state index is 13.2. The number of hydrogen-bond donors (Lipinski definition) is 1. The largest absolute Gasteiger partial charge is 0.323 e. The Morgan fingerprint density at radius 3 is 2.43 bits per heavy atom. The summed E-state index contributed by atoms with van der Waals surface area (Å²) in [5, 5.41) is 3.78. The molecule has 0 aromatic rings. The smallest absolute Gasteiger partial charge is 0.244 e. The van der Waals surface area contributed by atoms with E-state index in [2.05, 4.69) is 31.0 Å². The Hall–Kier alpha value is -0.570. The van der Waals surface area contributed by atoms with E-state index >= 15 is 0 Å². The highest BCUT2D eigenvalue weighted by Crippen LogP contribution is 2.42. The summed E-state index contributed by atoms with van der Waals surface area (Å²) in [6, 6.07) is 0.459. The highest BCUT2D eigenvalue weighted by atomic mass is 16.2. The number of nitrogens with zero attached hydrogens (tertiary/aromatic N) is 1.